The second kappa shape index (κ2) is 5.75. The second-order valence-electron chi connectivity index (χ2n) is 3.41. The van der Waals surface area contributed by atoms with E-state index in [9.17, 15) is 9.59 Å². The van der Waals surface area contributed by atoms with Crippen molar-refractivity contribution in [1.29, 1.82) is 0 Å². The molecule has 5 heteroatoms. The highest BCUT2D eigenvalue weighted by molar-refractivity contribution is 5.88. The van der Waals surface area contributed by atoms with Crippen LogP contribution in [0, 0.1) is 0 Å². The van der Waals surface area contributed by atoms with Crippen LogP contribution < -0.4 is 16.4 Å². The number of carbonyl (C=O) groups excluding carboxylic acids is 2. The van der Waals surface area contributed by atoms with Crippen molar-refractivity contribution in [2.24, 2.45) is 5.73 Å². The first-order valence-electron chi connectivity index (χ1n) is 4.97. The molecular weight excluding hydrogens is 206 g/mol. The molecule has 1 rings (SSSR count). The van der Waals surface area contributed by atoms with Crippen LogP contribution in [-0.4, -0.2) is 24.4 Å². The third-order valence-electron chi connectivity index (χ3n) is 2.03. The maximum Gasteiger partial charge on any atom is 0.239 e. The molecule has 0 bridgehead atoms. The van der Waals surface area contributed by atoms with Crippen molar-refractivity contribution < 1.29 is 9.59 Å². The number of benzene rings is 1. The van der Waals surface area contributed by atoms with Crippen molar-refractivity contribution in [1.82, 2.24) is 5.32 Å². The number of para-hydroxylation sites is 1. The summed E-state index contributed by atoms with van der Waals surface area (Å²) in [4.78, 5) is 22.0. The molecule has 0 unspecified atom stereocenters. The molecule has 86 valence electrons. The number of anilines is 1. The molecule has 4 N–H and O–H groups in total. The van der Waals surface area contributed by atoms with E-state index in [1.54, 1.807) is 6.92 Å². The number of rotatable bonds is 5. The van der Waals surface area contributed by atoms with E-state index in [-0.39, 0.29) is 12.5 Å². The molecule has 0 heterocycles. The first-order valence-corrected chi connectivity index (χ1v) is 4.97. The molecule has 5 nitrogen and oxygen atoms in total. The van der Waals surface area contributed by atoms with E-state index in [0.29, 0.717) is 0 Å². The molecule has 0 radical (unpaired) electrons. The van der Waals surface area contributed by atoms with Gasteiger partial charge in [-0.15, -0.1) is 0 Å². The number of primary amides is 1. The van der Waals surface area contributed by atoms with Crippen molar-refractivity contribution in [3.8, 4) is 0 Å². The number of amides is 2. The Balaban J connectivity index is 2.33. The molecule has 0 aliphatic rings. The zero-order valence-electron chi connectivity index (χ0n) is 9.07. The lowest BCUT2D eigenvalue weighted by molar-refractivity contribution is -0.126. The summed E-state index contributed by atoms with van der Waals surface area (Å²) in [6, 6.07) is 8.68. The molecule has 1 atom stereocenters. The monoisotopic (exact) mass is 221 g/mol. The van der Waals surface area contributed by atoms with E-state index in [4.69, 9.17) is 5.73 Å². The molecular formula is C11H15N3O2. The predicted molar refractivity (Wildman–Crippen MR) is 61.7 cm³/mol. The fourth-order valence-corrected chi connectivity index (χ4v) is 1.10. The summed E-state index contributed by atoms with van der Waals surface area (Å²) >= 11 is 0. The number of hydrogen-bond donors (Lipinski definition) is 3. The van der Waals surface area contributed by atoms with Gasteiger partial charge in [0, 0.05) is 5.69 Å². The molecule has 16 heavy (non-hydrogen) atoms. The van der Waals surface area contributed by atoms with Crippen molar-refractivity contribution in [2.75, 3.05) is 11.9 Å². The molecule has 0 aromatic heterocycles. The molecule has 2 amide bonds. The minimum atomic E-state index is -0.648. The van der Waals surface area contributed by atoms with E-state index in [1.165, 1.54) is 0 Å². The number of nitrogens with one attached hydrogen (secondary N) is 2. The van der Waals surface area contributed by atoms with Gasteiger partial charge >= 0.3 is 0 Å². The van der Waals surface area contributed by atoms with Crippen LogP contribution in [0.5, 0.6) is 0 Å². The van der Waals surface area contributed by atoms with Crippen LogP contribution in [0.4, 0.5) is 5.69 Å². The Kier molecular flexibility index (Phi) is 4.32. The normalized spacial score (nSPS) is 11.6. The Morgan fingerprint density at radius 1 is 1.31 bits per heavy atom. The van der Waals surface area contributed by atoms with Crippen LogP contribution in [0.2, 0.25) is 0 Å². The average Bonchev–Trinajstić information content (AvgIpc) is 2.27. The standard InChI is InChI=1S/C11H15N3O2/c1-8(11(12)16)14-10(15)7-13-9-5-3-2-4-6-9/h2-6,8,13H,7H2,1H3,(H2,12,16)(H,14,15)/t8-/m0/s1. The molecule has 1 aromatic carbocycles. The van der Waals surface area contributed by atoms with Crippen LogP contribution >= 0.6 is 0 Å². The summed E-state index contributed by atoms with van der Waals surface area (Å²) in [6.45, 7) is 1.66. The van der Waals surface area contributed by atoms with E-state index < -0.39 is 11.9 Å². The highest BCUT2D eigenvalue weighted by Gasteiger charge is 2.11. The van der Waals surface area contributed by atoms with Crippen LogP contribution in [-0.2, 0) is 9.59 Å². The van der Waals surface area contributed by atoms with Gasteiger partial charge in [-0.05, 0) is 19.1 Å². The van der Waals surface area contributed by atoms with Crippen molar-refractivity contribution in [3.63, 3.8) is 0 Å². The summed E-state index contributed by atoms with van der Waals surface area (Å²) in [5.41, 5.74) is 5.87. The van der Waals surface area contributed by atoms with Crippen LogP contribution in [0.25, 0.3) is 0 Å². The maximum absolute atomic E-state index is 11.3. The van der Waals surface area contributed by atoms with Gasteiger partial charge in [0.2, 0.25) is 11.8 Å². The van der Waals surface area contributed by atoms with Crippen molar-refractivity contribution >= 4 is 17.5 Å². The zero-order chi connectivity index (χ0) is 12.0. The molecule has 0 fully saturated rings. The minimum absolute atomic E-state index is 0.113. The Morgan fingerprint density at radius 3 is 2.50 bits per heavy atom. The molecule has 0 spiro atoms. The van der Waals surface area contributed by atoms with Crippen LogP contribution in [0.1, 0.15) is 6.92 Å². The summed E-state index contributed by atoms with van der Waals surface area (Å²) in [6.07, 6.45) is 0. The largest absolute Gasteiger partial charge is 0.376 e. The average molecular weight is 221 g/mol. The summed E-state index contributed by atoms with van der Waals surface area (Å²) in [5, 5.41) is 5.40. The Hall–Kier alpha value is -2.04. The van der Waals surface area contributed by atoms with Gasteiger partial charge in [0.25, 0.3) is 0 Å². The fraction of sp³-hybridized carbons (Fsp3) is 0.273. The van der Waals surface area contributed by atoms with E-state index >= 15 is 0 Å². The van der Waals surface area contributed by atoms with Gasteiger partial charge in [-0.1, -0.05) is 18.2 Å². The Labute approximate surface area is 94.0 Å². The van der Waals surface area contributed by atoms with Crippen LogP contribution in [0.3, 0.4) is 0 Å². The third kappa shape index (κ3) is 4.00. The van der Waals surface area contributed by atoms with E-state index in [2.05, 4.69) is 10.6 Å². The summed E-state index contributed by atoms with van der Waals surface area (Å²) in [5.74, 6) is -0.816. The quantitative estimate of drug-likeness (QED) is 0.658. The van der Waals surface area contributed by atoms with Crippen molar-refractivity contribution in [3.05, 3.63) is 30.3 Å². The minimum Gasteiger partial charge on any atom is -0.376 e. The molecule has 0 aliphatic heterocycles. The Bertz CT molecular complexity index is 365. The third-order valence-corrected chi connectivity index (χ3v) is 2.03. The van der Waals surface area contributed by atoms with E-state index in [0.717, 1.165) is 5.69 Å². The molecule has 0 saturated heterocycles. The topological polar surface area (TPSA) is 84.2 Å². The number of carbonyl (C=O) groups is 2. The lowest BCUT2D eigenvalue weighted by atomic mass is 10.3. The van der Waals surface area contributed by atoms with Crippen LogP contribution in [0.15, 0.2) is 30.3 Å². The maximum atomic E-state index is 11.3. The van der Waals surface area contributed by atoms with Gasteiger partial charge in [0.05, 0.1) is 6.54 Å². The van der Waals surface area contributed by atoms with E-state index in [1.807, 2.05) is 30.3 Å². The van der Waals surface area contributed by atoms with Gasteiger partial charge in [0.15, 0.2) is 0 Å². The van der Waals surface area contributed by atoms with Gasteiger partial charge in [-0.2, -0.15) is 0 Å². The van der Waals surface area contributed by atoms with Crippen molar-refractivity contribution in [2.45, 2.75) is 13.0 Å². The first kappa shape index (κ1) is 12.0. The first-order chi connectivity index (χ1) is 7.59. The SMILES string of the molecule is C[C@H](NC(=O)CNc1ccccc1)C(N)=O. The molecule has 1 aromatic rings. The van der Waals surface area contributed by atoms with Gasteiger partial charge in [-0.3, -0.25) is 9.59 Å². The Morgan fingerprint density at radius 2 is 1.94 bits per heavy atom. The fourth-order valence-electron chi connectivity index (χ4n) is 1.10. The molecule has 0 aliphatic carbocycles. The highest BCUT2D eigenvalue weighted by Crippen LogP contribution is 2.03. The summed E-state index contributed by atoms with van der Waals surface area (Å²) in [7, 11) is 0. The lowest BCUT2D eigenvalue weighted by Crippen LogP contribution is -2.44. The predicted octanol–water partition coefficient (Wildman–Crippen LogP) is 0.0885. The van der Waals surface area contributed by atoms with Gasteiger partial charge in [0.1, 0.15) is 6.04 Å². The lowest BCUT2D eigenvalue weighted by Gasteiger charge is -2.11. The smallest absolute Gasteiger partial charge is 0.239 e. The number of nitrogens with two attached hydrogens (primary N) is 1. The number of hydrogen-bond acceptors (Lipinski definition) is 3. The van der Waals surface area contributed by atoms with Gasteiger partial charge < -0.3 is 16.4 Å². The van der Waals surface area contributed by atoms with Gasteiger partial charge in [-0.25, -0.2) is 0 Å². The molecule has 0 saturated carbocycles. The highest BCUT2D eigenvalue weighted by atomic mass is 16.2. The summed E-state index contributed by atoms with van der Waals surface area (Å²) < 4.78 is 0. The second-order valence-corrected chi connectivity index (χ2v) is 3.41. The zero-order valence-corrected chi connectivity index (χ0v) is 9.07.